The van der Waals surface area contributed by atoms with Crippen molar-refractivity contribution in [3.05, 3.63) is 106 Å². The fraction of sp³-hybridized carbons (Fsp3) is 0.310. The minimum atomic E-state index is -0.710. The summed E-state index contributed by atoms with van der Waals surface area (Å²) in [6.45, 7) is 4.13. The molecule has 3 aromatic carbocycles. The molecule has 0 heterocycles. The van der Waals surface area contributed by atoms with E-state index in [1.165, 1.54) is 11.8 Å². The lowest BCUT2D eigenvalue weighted by atomic mass is 10.0. The van der Waals surface area contributed by atoms with E-state index >= 15 is 0 Å². The molecule has 0 spiro atoms. The Morgan fingerprint density at radius 1 is 0.889 bits per heavy atom. The van der Waals surface area contributed by atoms with Crippen molar-refractivity contribution in [2.75, 3.05) is 5.75 Å². The van der Waals surface area contributed by atoms with Gasteiger partial charge in [-0.25, -0.2) is 0 Å². The summed E-state index contributed by atoms with van der Waals surface area (Å²) in [5, 5.41) is 4.02. The molecular formula is C29H32Cl2N2O2S. The molecule has 0 unspecified atom stereocenters. The topological polar surface area (TPSA) is 49.4 Å². The number of amides is 2. The van der Waals surface area contributed by atoms with Crippen LogP contribution >= 0.6 is 35.0 Å². The molecule has 0 radical (unpaired) electrons. The number of halogens is 2. The van der Waals surface area contributed by atoms with Crippen LogP contribution in [-0.4, -0.2) is 34.6 Å². The van der Waals surface area contributed by atoms with E-state index in [-0.39, 0.29) is 30.2 Å². The average Bonchev–Trinajstić information content (AvgIpc) is 2.88. The summed E-state index contributed by atoms with van der Waals surface area (Å²) in [6.07, 6.45) is 1.18. The van der Waals surface area contributed by atoms with Crippen molar-refractivity contribution in [2.45, 2.75) is 51.1 Å². The van der Waals surface area contributed by atoms with Gasteiger partial charge in [0.25, 0.3) is 0 Å². The summed E-state index contributed by atoms with van der Waals surface area (Å²) < 4.78 is 0. The van der Waals surface area contributed by atoms with Crippen LogP contribution in [0.15, 0.2) is 78.9 Å². The molecule has 2 atom stereocenters. The van der Waals surface area contributed by atoms with Gasteiger partial charge in [-0.3, -0.25) is 9.59 Å². The van der Waals surface area contributed by atoms with E-state index in [1.807, 2.05) is 74.5 Å². The maximum atomic E-state index is 13.7. The second-order valence-electron chi connectivity index (χ2n) is 8.72. The number of nitrogens with one attached hydrogen (secondary N) is 1. The third kappa shape index (κ3) is 8.29. The number of thioether (sulfide) groups is 1. The lowest BCUT2D eigenvalue weighted by Gasteiger charge is -2.32. The molecule has 0 bridgehead atoms. The second-order valence-corrected chi connectivity index (χ2v) is 10.5. The van der Waals surface area contributed by atoms with Crippen molar-refractivity contribution in [1.29, 1.82) is 0 Å². The van der Waals surface area contributed by atoms with E-state index in [2.05, 4.69) is 5.32 Å². The number of nitrogens with zero attached hydrogens (tertiary/aromatic N) is 1. The Bertz CT molecular complexity index is 1110. The third-order valence-corrected chi connectivity index (χ3v) is 7.70. The lowest BCUT2D eigenvalue weighted by molar-refractivity contribution is -0.139. The van der Waals surface area contributed by atoms with Crippen molar-refractivity contribution in [3.8, 4) is 0 Å². The van der Waals surface area contributed by atoms with Gasteiger partial charge in [0.1, 0.15) is 6.04 Å². The highest BCUT2D eigenvalue weighted by Crippen LogP contribution is 2.28. The molecular weight excluding hydrogens is 511 g/mol. The molecule has 36 heavy (non-hydrogen) atoms. The van der Waals surface area contributed by atoms with E-state index in [9.17, 15) is 9.59 Å². The Balaban J connectivity index is 1.91. The van der Waals surface area contributed by atoms with Gasteiger partial charge in [-0.1, -0.05) is 96.9 Å². The predicted octanol–water partition coefficient (Wildman–Crippen LogP) is 6.78. The first-order chi connectivity index (χ1) is 17.4. The summed E-state index contributed by atoms with van der Waals surface area (Å²) in [6, 6.07) is 24.3. The maximum absolute atomic E-state index is 13.7. The van der Waals surface area contributed by atoms with Crippen LogP contribution in [0.3, 0.4) is 0 Å². The van der Waals surface area contributed by atoms with Crippen LogP contribution in [0, 0.1) is 0 Å². The van der Waals surface area contributed by atoms with Gasteiger partial charge in [-0.15, -0.1) is 11.8 Å². The summed E-state index contributed by atoms with van der Waals surface area (Å²) in [4.78, 5) is 28.9. The molecule has 4 nitrogen and oxygen atoms in total. The van der Waals surface area contributed by atoms with E-state index in [1.54, 1.807) is 23.1 Å². The van der Waals surface area contributed by atoms with Crippen molar-refractivity contribution in [3.63, 3.8) is 0 Å². The van der Waals surface area contributed by atoms with Gasteiger partial charge < -0.3 is 10.2 Å². The van der Waals surface area contributed by atoms with Gasteiger partial charge in [0, 0.05) is 40.4 Å². The molecule has 0 aliphatic heterocycles. The number of hydrogen-bond acceptors (Lipinski definition) is 3. The third-order valence-electron chi connectivity index (χ3n) is 6.00. The first-order valence-corrected chi connectivity index (χ1v) is 14.0. The van der Waals surface area contributed by atoms with E-state index in [0.717, 1.165) is 17.5 Å². The van der Waals surface area contributed by atoms with Crippen molar-refractivity contribution < 1.29 is 9.59 Å². The highest BCUT2D eigenvalue weighted by Gasteiger charge is 2.31. The standard InChI is InChI=1S/C29H32Cl2N2O2S/c1-3-21(2)32-29(35)27(17-22-11-6-4-7-12-22)33(18-24-25(30)15-10-16-26(24)31)28(34)20-36-19-23-13-8-5-9-14-23/h4-16,21,27H,3,17-20H2,1-2H3,(H,32,35)/t21-,27-/m0/s1. The number of rotatable bonds is 12. The van der Waals surface area contributed by atoms with Crippen LogP contribution in [0.1, 0.15) is 37.0 Å². The summed E-state index contributed by atoms with van der Waals surface area (Å²) >= 11 is 14.5. The Labute approximate surface area is 228 Å². The summed E-state index contributed by atoms with van der Waals surface area (Å²) in [7, 11) is 0. The Morgan fingerprint density at radius 2 is 1.47 bits per heavy atom. The number of hydrogen-bond donors (Lipinski definition) is 1. The largest absolute Gasteiger partial charge is 0.352 e. The lowest BCUT2D eigenvalue weighted by Crippen LogP contribution is -2.52. The monoisotopic (exact) mass is 542 g/mol. The number of carbonyl (C=O) groups is 2. The fourth-order valence-electron chi connectivity index (χ4n) is 3.76. The van der Waals surface area contributed by atoms with Crippen LogP contribution in [0.2, 0.25) is 10.0 Å². The molecule has 0 fully saturated rings. The molecule has 0 saturated heterocycles. The van der Waals surface area contributed by atoms with Crippen LogP contribution in [-0.2, 0) is 28.3 Å². The Morgan fingerprint density at radius 3 is 2.06 bits per heavy atom. The fourth-order valence-corrected chi connectivity index (χ4v) is 5.15. The van der Waals surface area contributed by atoms with Crippen LogP contribution in [0.5, 0.6) is 0 Å². The van der Waals surface area contributed by atoms with Crippen LogP contribution in [0.4, 0.5) is 0 Å². The van der Waals surface area contributed by atoms with Crippen molar-refractivity contribution >= 4 is 46.8 Å². The van der Waals surface area contributed by atoms with Gasteiger partial charge in [0.05, 0.1) is 5.75 Å². The van der Waals surface area contributed by atoms with Crippen molar-refractivity contribution in [2.24, 2.45) is 0 Å². The smallest absolute Gasteiger partial charge is 0.243 e. The molecule has 0 saturated carbocycles. The SMILES string of the molecule is CC[C@H](C)NC(=O)[C@H](Cc1ccccc1)N(Cc1c(Cl)cccc1Cl)C(=O)CSCc1ccccc1. The van der Waals surface area contributed by atoms with Gasteiger partial charge >= 0.3 is 0 Å². The first-order valence-electron chi connectivity index (χ1n) is 12.1. The Kier molecular flexibility index (Phi) is 11.2. The van der Waals surface area contributed by atoms with Crippen LogP contribution in [0.25, 0.3) is 0 Å². The number of benzene rings is 3. The van der Waals surface area contributed by atoms with E-state index in [4.69, 9.17) is 23.2 Å². The van der Waals surface area contributed by atoms with Crippen molar-refractivity contribution in [1.82, 2.24) is 10.2 Å². The molecule has 0 aromatic heterocycles. The highest BCUT2D eigenvalue weighted by molar-refractivity contribution is 7.99. The van der Waals surface area contributed by atoms with E-state index in [0.29, 0.717) is 27.8 Å². The van der Waals surface area contributed by atoms with Gasteiger partial charge in [-0.2, -0.15) is 0 Å². The van der Waals surface area contributed by atoms with Gasteiger partial charge in [0.15, 0.2) is 0 Å². The molecule has 3 rings (SSSR count). The second kappa shape index (κ2) is 14.3. The summed E-state index contributed by atoms with van der Waals surface area (Å²) in [5.74, 6) is 0.624. The normalized spacial score (nSPS) is 12.6. The molecule has 190 valence electrons. The zero-order valence-electron chi connectivity index (χ0n) is 20.6. The average molecular weight is 544 g/mol. The minimum absolute atomic E-state index is 0.0101. The van der Waals surface area contributed by atoms with Crippen LogP contribution < -0.4 is 5.32 Å². The molecule has 1 N–H and O–H groups in total. The molecule has 2 amide bonds. The molecule has 0 aliphatic carbocycles. The summed E-state index contributed by atoms with van der Waals surface area (Å²) in [5.41, 5.74) is 2.75. The maximum Gasteiger partial charge on any atom is 0.243 e. The van der Waals surface area contributed by atoms with Gasteiger partial charge in [0.2, 0.25) is 11.8 Å². The van der Waals surface area contributed by atoms with Gasteiger partial charge in [-0.05, 0) is 36.6 Å². The number of carbonyl (C=O) groups excluding carboxylic acids is 2. The quantitative estimate of drug-likeness (QED) is 0.274. The van der Waals surface area contributed by atoms with E-state index < -0.39 is 6.04 Å². The zero-order chi connectivity index (χ0) is 25.9. The Hall–Kier alpha value is -2.47. The molecule has 0 aliphatic rings. The minimum Gasteiger partial charge on any atom is -0.352 e. The predicted molar refractivity (Wildman–Crippen MR) is 151 cm³/mol. The molecule has 7 heteroatoms. The highest BCUT2D eigenvalue weighted by atomic mass is 35.5. The molecule has 3 aromatic rings. The first kappa shape index (κ1) is 28.1. The zero-order valence-corrected chi connectivity index (χ0v) is 23.0.